The Hall–Kier alpha value is -2.73. The van der Waals surface area contributed by atoms with Crippen molar-refractivity contribution in [3.05, 3.63) is 53.6 Å². The topological polar surface area (TPSA) is 52.4 Å². The summed E-state index contributed by atoms with van der Waals surface area (Å²) in [7, 11) is 4.96. The van der Waals surface area contributed by atoms with E-state index in [1.54, 1.807) is 27.4 Å². The Kier molecular flexibility index (Phi) is 6.19. The molecular formula is C21H27N2O4+. The van der Waals surface area contributed by atoms with Crippen molar-refractivity contribution in [3.63, 3.8) is 0 Å². The molecule has 1 saturated heterocycles. The van der Waals surface area contributed by atoms with Gasteiger partial charge in [0.05, 0.1) is 53.1 Å². The van der Waals surface area contributed by atoms with E-state index in [1.807, 2.05) is 41.3 Å². The lowest BCUT2D eigenvalue weighted by Crippen LogP contribution is -3.13. The second-order valence-electron chi connectivity index (χ2n) is 6.63. The van der Waals surface area contributed by atoms with Crippen molar-refractivity contribution < 1.29 is 23.9 Å². The molecule has 3 rings (SSSR count). The van der Waals surface area contributed by atoms with Crippen molar-refractivity contribution in [2.45, 2.75) is 6.54 Å². The molecule has 6 nitrogen and oxygen atoms in total. The molecule has 0 bridgehead atoms. The summed E-state index contributed by atoms with van der Waals surface area (Å²) < 4.78 is 16.0. The first-order valence-electron chi connectivity index (χ1n) is 9.12. The van der Waals surface area contributed by atoms with Crippen molar-refractivity contribution in [1.29, 1.82) is 0 Å². The minimum atomic E-state index is 0.0620. The summed E-state index contributed by atoms with van der Waals surface area (Å²) >= 11 is 0. The number of carbonyl (C=O) groups excluding carboxylic acids is 1. The molecule has 0 unspecified atom stereocenters. The van der Waals surface area contributed by atoms with Crippen LogP contribution in [0.2, 0.25) is 0 Å². The van der Waals surface area contributed by atoms with Crippen LogP contribution in [-0.4, -0.2) is 58.3 Å². The van der Waals surface area contributed by atoms with Crippen LogP contribution in [0.4, 0.5) is 0 Å². The van der Waals surface area contributed by atoms with Crippen LogP contribution < -0.4 is 19.1 Å². The third kappa shape index (κ3) is 4.52. The lowest BCUT2D eigenvalue weighted by atomic mass is 10.1. The number of hydrogen-bond acceptors (Lipinski definition) is 4. The average molecular weight is 371 g/mol. The number of hydrogen-bond donors (Lipinski definition) is 1. The lowest BCUT2D eigenvalue weighted by Gasteiger charge is -2.32. The first-order valence-corrected chi connectivity index (χ1v) is 9.12. The third-order valence-corrected chi connectivity index (χ3v) is 5.00. The number of carbonyl (C=O) groups is 1. The molecule has 0 radical (unpaired) electrons. The van der Waals surface area contributed by atoms with Gasteiger partial charge in [-0.05, 0) is 36.4 Å². The quantitative estimate of drug-likeness (QED) is 0.831. The monoisotopic (exact) mass is 371 g/mol. The van der Waals surface area contributed by atoms with Crippen LogP contribution in [0.25, 0.3) is 0 Å². The van der Waals surface area contributed by atoms with Gasteiger partial charge in [0.25, 0.3) is 5.91 Å². The highest BCUT2D eigenvalue weighted by atomic mass is 16.5. The fourth-order valence-corrected chi connectivity index (χ4v) is 3.43. The Bertz CT molecular complexity index is 786. The van der Waals surface area contributed by atoms with Gasteiger partial charge in [0.2, 0.25) is 0 Å². The second-order valence-corrected chi connectivity index (χ2v) is 6.63. The van der Waals surface area contributed by atoms with Crippen molar-refractivity contribution in [2.24, 2.45) is 0 Å². The van der Waals surface area contributed by atoms with Crippen LogP contribution in [0.5, 0.6) is 17.2 Å². The van der Waals surface area contributed by atoms with E-state index in [9.17, 15) is 4.79 Å². The van der Waals surface area contributed by atoms with E-state index in [0.717, 1.165) is 49.8 Å². The van der Waals surface area contributed by atoms with Crippen LogP contribution in [0.1, 0.15) is 15.9 Å². The maximum Gasteiger partial charge on any atom is 0.254 e. The standard InChI is InChI=1S/C21H26N2O4/c1-25-18-6-4-5-16(13-18)21(24)23-11-9-22(10-12-23)15-17-14-19(26-2)7-8-20(17)27-3/h4-8,13-14H,9-12,15H2,1-3H3/p+1. The molecule has 1 heterocycles. The zero-order chi connectivity index (χ0) is 19.2. The Morgan fingerprint density at radius 1 is 0.963 bits per heavy atom. The number of ether oxygens (including phenoxy) is 3. The molecule has 27 heavy (non-hydrogen) atoms. The van der Waals surface area contributed by atoms with Crippen molar-refractivity contribution in [2.75, 3.05) is 47.5 Å². The number of methoxy groups -OCH3 is 3. The average Bonchev–Trinajstić information content (AvgIpc) is 2.73. The second kappa shape index (κ2) is 8.77. The molecule has 0 aromatic heterocycles. The Balaban J connectivity index is 1.61. The highest BCUT2D eigenvalue weighted by Crippen LogP contribution is 2.23. The summed E-state index contributed by atoms with van der Waals surface area (Å²) in [6.45, 7) is 4.11. The van der Waals surface area contributed by atoms with E-state index < -0.39 is 0 Å². The van der Waals surface area contributed by atoms with Gasteiger partial charge < -0.3 is 24.0 Å². The summed E-state index contributed by atoms with van der Waals surface area (Å²) in [6, 6.07) is 13.2. The minimum absolute atomic E-state index is 0.0620. The molecule has 2 aromatic rings. The third-order valence-electron chi connectivity index (χ3n) is 5.00. The first kappa shape index (κ1) is 19.0. The summed E-state index contributed by atoms with van der Waals surface area (Å²) in [6.07, 6.45) is 0. The van der Waals surface area contributed by atoms with Gasteiger partial charge in [-0.15, -0.1) is 0 Å². The Morgan fingerprint density at radius 2 is 1.67 bits per heavy atom. The molecule has 0 atom stereocenters. The van der Waals surface area contributed by atoms with E-state index in [2.05, 4.69) is 0 Å². The zero-order valence-corrected chi connectivity index (χ0v) is 16.2. The molecule has 1 amide bonds. The van der Waals surface area contributed by atoms with E-state index in [1.165, 1.54) is 4.90 Å². The van der Waals surface area contributed by atoms with Crippen molar-refractivity contribution >= 4 is 5.91 Å². The van der Waals surface area contributed by atoms with Gasteiger partial charge in [0.1, 0.15) is 23.8 Å². The van der Waals surface area contributed by atoms with Crippen LogP contribution in [-0.2, 0) is 6.54 Å². The van der Waals surface area contributed by atoms with Crippen LogP contribution in [0.3, 0.4) is 0 Å². The van der Waals surface area contributed by atoms with Gasteiger partial charge in [-0.25, -0.2) is 0 Å². The molecule has 2 aromatic carbocycles. The first-order chi connectivity index (χ1) is 13.1. The number of rotatable bonds is 6. The molecule has 0 saturated carbocycles. The highest BCUT2D eigenvalue weighted by molar-refractivity contribution is 5.94. The molecule has 1 fully saturated rings. The zero-order valence-electron chi connectivity index (χ0n) is 16.2. The fraction of sp³-hybridized carbons (Fsp3) is 0.381. The number of benzene rings is 2. The maximum atomic E-state index is 12.7. The fourth-order valence-electron chi connectivity index (χ4n) is 3.43. The normalized spacial score (nSPS) is 14.7. The van der Waals surface area contributed by atoms with E-state index in [4.69, 9.17) is 14.2 Å². The van der Waals surface area contributed by atoms with Gasteiger partial charge in [-0.2, -0.15) is 0 Å². The van der Waals surface area contributed by atoms with Crippen molar-refractivity contribution in [1.82, 2.24) is 4.90 Å². The predicted octanol–water partition coefficient (Wildman–Crippen LogP) is 1.25. The van der Waals surface area contributed by atoms with E-state index in [0.29, 0.717) is 11.3 Å². The molecular weight excluding hydrogens is 344 g/mol. The number of amides is 1. The predicted molar refractivity (Wildman–Crippen MR) is 103 cm³/mol. The van der Waals surface area contributed by atoms with Gasteiger partial charge in [-0.3, -0.25) is 4.79 Å². The molecule has 6 heteroatoms. The SMILES string of the molecule is COc1cccc(C(=O)N2CC[NH+](Cc3cc(OC)ccc3OC)CC2)c1. The largest absolute Gasteiger partial charge is 0.497 e. The van der Waals surface area contributed by atoms with Crippen LogP contribution in [0, 0.1) is 0 Å². The number of nitrogens with zero attached hydrogens (tertiary/aromatic N) is 1. The van der Waals surface area contributed by atoms with Crippen LogP contribution in [0.15, 0.2) is 42.5 Å². The number of quaternary nitrogens is 1. The van der Waals surface area contributed by atoms with Gasteiger partial charge in [-0.1, -0.05) is 6.07 Å². The number of piperazine rings is 1. The number of nitrogens with one attached hydrogen (secondary N) is 1. The van der Waals surface area contributed by atoms with Crippen molar-refractivity contribution in [3.8, 4) is 17.2 Å². The summed E-state index contributed by atoms with van der Waals surface area (Å²) in [5, 5.41) is 0. The van der Waals surface area contributed by atoms with E-state index in [-0.39, 0.29) is 5.91 Å². The molecule has 1 N–H and O–H groups in total. The Labute approximate surface area is 160 Å². The molecule has 144 valence electrons. The van der Waals surface area contributed by atoms with Gasteiger partial charge >= 0.3 is 0 Å². The lowest BCUT2D eigenvalue weighted by molar-refractivity contribution is -0.917. The molecule has 1 aliphatic heterocycles. The molecule has 1 aliphatic rings. The highest BCUT2D eigenvalue weighted by Gasteiger charge is 2.25. The summed E-state index contributed by atoms with van der Waals surface area (Å²) in [5.74, 6) is 2.47. The van der Waals surface area contributed by atoms with Crippen LogP contribution >= 0.6 is 0 Å². The minimum Gasteiger partial charge on any atom is -0.497 e. The smallest absolute Gasteiger partial charge is 0.254 e. The van der Waals surface area contributed by atoms with Gasteiger partial charge in [0.15, 0.2) is 0 Å². The molecule has 0 aliphatic carbocycles. The molecule has 0 spiro atoms. The van der Waals surface area contributed by atoms with E-state index >= 15 is 0 Å². The summed E-state index contributed by atoms with van der Waals surface area (Å²) in [4.78, 5) is 16.1. The Morgan fingerprint density at radius 3 is 2.33 bits per heavy atom. The van der Waals surface area contributed by atoms with Gasteiger partial charge in [0, 0.05) is 5.56 Å². The maximum absolute atomic E-state index is 12.7. The summed E-state index contributed by atoms with van der Waals surface area (Å²) in [5.41, 5.74) is 1.80.